The summed E-state index contributed by atoms with van der Waals surface area (Å²) >= 11 is 0. The highest BCUT2D eigenvalue weighted by Crippen LogP contribution is 2.80. The second-order valence-electron chi connectivity index (χ2n) is 13.8. The molecule has 3 heterocycles. The van der Waals surface area contributed by atoms with Crippen LogP contribution in [0.2, 0.25) is 0 Å². The molecule has 6 rings (SSSR count). The molecule has 1 spiro atoms. The van der Waals surface area contributed by atoms with Gasteiger partial charge in [-0.2, -0.15) is 0 Å². The number of aliphatic hydroxyl groups excluding tert-OH is 1. The molecule has 214 valence electrons. The van der Waals surface area contributed by atoms with Crippen LogP contribution in [-0.4, -0.2) is 53.0 Å². The number of aliphatic hydroxyl groups is 1. The molecule has 5 aliphatic rings. The summed E-state index contributed by atoms with van der Waals surface area (Å²) in [5, 5.41) is 11.3. The van der Waals surface area contributed by atoms with Crippen LogP contribution in [0.25, 0.3) is 0 Å². The van der Waals surface area contributed by atoms with Crippen molar-refractivity contribution in [1.82, 2.24) is 0 Å². The Morgan fingerprint density at radius 1 is 0.974 bits per heavy atom. The molecule has 0 bridgehead atoms. The topological polar surface area (TPSA) is 125 Å². The SMILES string of the molecule is CC(=O)O[C@H]1C[C@@H](O)C(C)(C)[C@H]2C[C@H](OC(C)=O)[C@]3(C)[C@H](CC[C@@]4(C)[C@H](c5ccoc5)OC(=O)[C@H]5O[C@@]534)[C@@]12C. The minimum Gasteiger partial charge on any atom is -0.472 e. The quantitative estimate of drug-likeness (QED) is 0.340. The van der Waals surface area contributed by atoms with E-state index in [1.54, 1.807) is 12.5 Å². The summed E-state index contributed by atoms with van der Waals surface area (Å²) in [5.41, 5.74) is -2.72. The molecule has 3 saturated carbocycles. The molecule has 0 amide bonds. The number of ether oxygens (including phenoxy) is 4. The minimum atomic E-state index is -0.963. The molecule has 1 aromatic rings. The number of fused-ring (bicyclic) bond motifs is 3. The number of epoxide rings is 1. The van der Waals surface area contributed by atoms with Gasteiger partial charge >= 0.3 is 17.9 Å². The molecule has 0 unspecified atom stereocenters. The Hall–Kier alpha value is -2.39. The zero-order valence-electron chi connectivity index (χ0n) is 23.8. The highest BCUT2D eigenvalue weighted by molar-refractivity contribution is 5.82. The van der Waals surface area contributed by atoms with Gasteiger partial charge in [-0.05, 0) is 42.6 Å². The third-order valence-corrected chi connectivity index (χ3v) is 11.9. The van der Waals surface area contributed by atoms with E-state index < -0.39 is 75.7 Å². The Bertz CT molecular complexity index is 1210. The predicted molar refractivity (Wildman–Crippen MR) is 136 cm³/mol. The Kier molecular flexibility index (Phi) is 5.56. The van der Waals surface area contributed by atoms with E-state index in [0.29, 0.717) is 25.7 Å². The Morgan fingerprint density at radius 3 is 2.26 bits per heavy atom. The lowest BCUT2D eigenvalue weighted by atomic mass is 9.34. The predicted octanol–water partition coefficient (Wildman–Crippen LogP) is 4.12. The largest absolute Gasteiger partial charge is 0.472 e. The molecule has 9 heteroatoms. The van der Waals surface area contributed by atoms with Crippen LogP contribution in [0.5, 0.6) is 0 Å². The van der Waals surface area contributed by atoms with E-state index in [1.807, 2.05) is 19.9 Å². The number of cyclic esters (lactones) is 1. The highest BCUT2D eigenvalue weighted by Gasteiger charge is 2.89. The average molecular weight is 545 g/mol. The van der Waals surface area contributed by atoms with Gasteiger partial charge in [-0.3, -0.25) is 9.59 Å². The van der Waals surface area contributed by atoms with E-state index in [2.05, 4.69) is 20.8 Å². The van der Waals surface area contributed by atoms with Crippen molar-refractivity contribution in [3.63, 3.8) is 0 Å². The first kappa shape index (κ1) is 26.8. The second-order valence-corrected chi connectivity index (χ2v) is 13.8. The van der Waals surface area contributed by atoms with Gasteiger partial charge < -0.3 is 28.5 Å². The summed E-state index contributed by atoms with van der Waals surface area (Å²) in [7, 11) is 0. The summed E-state index contributed by atoms with van der Waals surface area (Å²) in [5.74, 6) is -1.49. The monoisotopic (exact) mass is 544 g/mol. The van der Waals surface area contributed by atoms with Gasteiger partial charge in [0, 0.05) is 42.1 Å². The Morgan fingerprint density at radius 2 is 1.64 bits per heavy atom. The summed E-state index contributed by atoms with van der Waals surface area (Å²) in [6, 6.07) is 1.82. The number of hydrogen-bond donors (Lipinski definition) is 1. The van der Waals surface area contributed by atoms with Crippen LogP contribution in [-0.2, 0) is 33.3 Å². The fourth-order valence-corrected chi connectivity index (χ4v) is 10.2. The average Bonchev–Trinajstić information content (AvgIpc) is 3.41. The lowest BCUT2D eigenvalue weighted by Gasteiger charge is -2.71. The molecular formula is C30H40O9. The summed E-state index contributed by atoms with van der Waals surface area (Å²) in [6.07, 6.45) is 2.14. The summed E-state index contributed by atoms with van der Waals surface area (Å²) in [4.78, 5) is 38.3. The van der Waals surface area contributed by atoms with Crippen LogP contribution >= 0.6 is 0 Å². The van der Waals surface area contributed by atoms with Gasteiger partial charge in [0.15, 0.2) is 6.10 Å². The standard InChI is InChI=1S/C30H40O9/c1-15(31)36-21-13-20(33)26(3,4)19-12-22(37-16(2)32)29(7)18(28(19,21)6)8-10-27(5)23(17-9-11-35-14-17)38-25(34)24-30(27,29)39-24/h9,11,14,18-24,33H,8,10,12-13H2,1-7H3/t18-,19-,20-,21+,22+,23+,24-,27+,28-,29+,30-/m1/s1. The molecule has 1 N–H and O–H groups in total. The van der Waals surface area contributed by atoms with Crippen molar-refractivity contribution in [2.45, 2.75) is 110 Å². The maximum atomic E-state index is 13.4. The number of furan rings is 1. The van der Waals surface area contributed by atoms with Crippen molar-refractivity contribution in [2.75, 3.05) is 0 Å². The number of esters is 3. The smallest absolute Gasteiger partial charge is 0.339 e. The number of rotatable bonds is 3. The van der Waals surface area contributed by atoms with Crippen LogP contribution in [0, 0.1) is 33.5 Å². The van der Waals surface area contributed by atoms with Crippen molar-refractivity contribution in [1.29, 1.82) is 0 Å². The zero-order chi connectivity index (χ0) is 28.3. The van der Waals surface area contributed by atoms with Crippen molar-refractivity contribution in [3.8, 4) is 0 Å². The molecule has 1 aromatic heterocycles. The van der Waals surface area contributed by atoms with Gasteiger partial charge in [0.05, 0.1) is 18.6 Å². The number of carbonyl (C=O) groups excluding carboxylic acids is 3. The van der Waals surface area contributed by atoms with Gasteiger partial charge in [-0.1, -0.05) is 34.6 Å². The molecule has 11 atom stereocenters. The molecule has 2 aliphatic heterocycles. The van der Waals surface area contributed by atoms with E-state index in [4.69, 9.17) is 23.4 Å². The molecule has 9 nitrogen and oxygen atoms in total. The zero-order valence-corrected chi connectivity index (χ0v) is 23.8. The number of carbonyl (C=O) groups is 3. The van der Waals surface area contributed by atoms with Crippen LogP contribution < -0.4 is 0 Å². The molecule has 39 heavy (non-hydrogen) atoms. The second kappa shape index (κ2) is 8.09. The third-order valence-electron chi connectivity index (χ3n) is 11.9. The van der Waals surface area contributed by atoms with E-state index in [9.17, 15) is 19.5 Å². The normalized spacial score (nSPS) is 49.3. The maximum Gasteiger partial charge on any atom is 0.339 e. The van der Waals surface area contributed by atoms with Crippen molar-refractivity contribution in [2.24, 2.45) is 33.5 Å². The van der Waals surface area contributed by atoms with Crippen molar-refractivity contribution < 1.29 is 42.9 Å². The van der Waals surface area contributed by atoms with Crippen LogP contribution in [0.4, 0.5) is 0 Å². The van der Waals surface area contributed by atoms with Crippen molar-refractivity contribution in [3.05, 3.63) is 24.2 Å². The van der Waals surface area contributed by atoms with Crippen molar-refractivity contribution >= 4 is 17.9 Å². The van der Waals surface area contributed by atoms with Crippen LogP contribution in [0.15, 0.2) is 23.0 Å². The van der Waals surface area contributed by atoms with Gasteiger partial charge in [0.25, 0.3) is 0 Å². The first-order valence-corrected chi connectivity index (χ1v) is 14.1. The molecule has 0 radical (unpaired) electrons. The van der Waals surface area contributed by atoms with Crippen LogP contribution in [0.3, 0.4) is 0 Å². The Balaban J connectivity index is 1.55. The minimum absolute atomic E-state index is 0.126. The molecule has 5 fully saturated rings. The highest BCUT2D eigenvalue weighted by atomic mass is 16.7. The van der Waals surface area contributed by atoms with Gasteiger partial charge in [-0.25, -0.2) is 4.79 Å². The Labute approximate surface area is 228 Å². The summed E-state index contributed by atoms with van der Waals surface area (Å²) < 4.78 is 30.1. The van der Waals surface area contributed by atoms with Crippen LogP contribution in [0.1, 0.15) is 85.8 Å². The van der Waals surface area contributed by atoms with E-state index in [-0.39, 0.29) is 11.8 Å². The van der Waals surface area contributed by atoms with E-state index >= 15 is 0 Å². The first-order chi connectivity index (χ1) is 18.2. The molecule has 3 aliphatic carbocycles. The molecule has 0 aromatic carbocycles. The molecular weight excluding hydrogens is 504 g/mol. The lowest BCUT2D eigenvalue weighted by molar-refractivity contribution is -0.297. The fraction of sp³-hybridized carbons (Fsp3) is 0.767. The van der Waals surface area contributed by atoms with Gasteiger partial charge in [-0.15, -0.1) is 0 Å². The van der Waals surface area contributed by atoms with E-state index in [1.165, 1.54) is 13.8 Å². The lowest BCUT2D eigenvalue weighted by Crippen LogP contribution is -2.75. The maximum absolute atomic E-state index is 13.4. The van der Waals surface area contributed by atoms with Gasteiger partial charge in [0.1, 0.15) is 23.9 Å². The van der Waals surface area contributed by atoms with Gasteiger partial charge in [0.2, 0.25) is 0 Å². The molecule has 2 saturated heterocycles. The number of hydrogen-bond acceptors (Lipinski definition) is 9. The third kappa shape index (κ3) is 3.12. The fourth-order valence-electron chi connectivity index (χ4n) is 10.2. The first-order valence-electron chi connectivity index (χ1n) is 14.1. The van der Waals surface area contributed by atoms with E-state index in [0.717, 1.165) is 5.56 Å². The summed E-state index contributed by atoms with van der Waals surface area (Å²) in [6.45, 7) is 13.3.